The number of rotatable bonds is 4. The molecule has 20 heavy (non-hydrogen) atoms. The maximum atomic E-state index is 11.6. The van der Waals surface area contributed by atoms with E-state index in [0.29, 0.717) is 17.0 Å². The highest BCUT2D eigenvalue weighted by molar-refractivity contribution is 5.68. The van der Waals surface area contributed by atoms with E-state index in [1.807, 2.05) is 18.2 Å². The van der Waals surface area contributed by atoms with Crippen LogP contribution in [0.2, 0.25) is 0 Å². The van der Waals surface area contributed by atoms with Crippen LogP contribution < -0.4 is 11.2 Å². The van der Waals surface area contributed by atoms with Crippen molar-refractivity contribution in [1.29, 1.82) is 0 Å². The fraction of sp³-hybridized carbons (Fsp3) is 0.214. The SMILES string of the molecule is O=c1[nH]c(=O)c2[nH]c(CCCc3ccccc3)nc2[nH]1. The maximum absolute atomic E-state index is 11.6. The summed E-state index contributed by atoms with van der Waals surface area (Å²) in [6, 6.07) is 10.2. The Morgan fingerprint density at radius 3 is 2.55 bits per heavy atom. The summed E-state index contributed by atoms with van der Waals surface area (Å²) >= 11 is 0. The Balaban J connectivity index is 1.74. The Kier molecular flexibility index (Phi) is 3.20. The first-order valence-electron chi connectivity index (χ1n) is 6.47. The number of H-pyrrole nitrogens is 3. The second-order valence-electron chi connectivity index (χ2n) is 4.65. The third kappa shape index (κ3) is 2.54. The lowest BCUT2D eigenvalue weighted by Gasteiger charge is -1.99. The van der Waals surface area contributed by atoms with Gasteiger partial charge in [-0.3, -0.25) is 14.8 Å². The van der Waals surface area contributed by atoms with E-state index in [-0.39, 0.29) is 0 Å². The summed E-state index contributed by atoms with van der Waals surface area (Å²) in [4.78, 5) is 34.6. The Morgan fingerprint density at radius 2 is 1.75 bits per heavy atom. The number of aromatic amines is 3. The van der Waals surface area contributed by atoms with Crippen LogP contribution in [0, 0.1) is 0 Å². The Labute approximate surface area is 113 Å². The van der Waals surface area contributed by atoms with Gasteiger partial charge >= 0.3 is 5.69 Å². The molecular formula is C14H14N4O2. The Hall–Kier alpha value is -2.63. The zero-order chi connectivity index (χ0) is 13.9. The van der Waals surface area contributed by atoms with Gasteiger partial charge in [-0.15, -0.1) is 0 Å². The molecule has 0 unspecified atom stereocenters. The third-order valence-electron chi connectivity index (χ3n) is 3.16. The summed E-state index contributed by atoms with van der Waals surface area (Å²) in [7, 11) is 0. The molecule has 2 aromatic heterocycles. The van der Waals surface area contributed by atoms with Gasteiger partial charge in [-0.25, -0.2) is 9.78 Å². The van der Waals surface area contributed by atoms with Crippen LogP contribution in [0.3, 0.4) is 0 Å². The smallest absolute Gasteiger partial charge is 0.327 e. The molecule has 0 atom stereocenters. The highest BCUT2D eigenvalue weighted by Gasteiger charge is 2.07. The molecule has 3 rings (SSSR count). The second-order valence-corrected chi connectivity index (χ2v) is 4.65. The topological polar surface area (TPSA) is 94.4 Å². The molecule has 0 aliphatic carbocycles. The summed E-state index contributed by atoms with van der Waals surface area (Å²) in [6.45, 7) is 0. The molecule has 102 valence electrons. The minimum absolute atomic E-state index is 0.313. The number of nitrogens with zero attached hydrogens (tertiary/aromatic N) is 1. The number of hydrogen-bond acceptors (Lipinski definition) is 3. The molecule has 0 fully saturated rings. The molecule has 0 saturated carbocycles. The van der Waals surface area contributed by atoms with Gasteiger partial charge in [0.2, 0.25) is 0 Å². The predicted octanol–water partition coefficient (Wildman–Crippen LogP) is 1.11. The summed E-state index contributed by atoms with van der Waals surface area (Å²) in [6.07, 6.45) is 2.60. The minimum Gasteiger partial charge on any atom is -0.336 e. The van der Waals surface area contributed by atoms with Crippen molar-refractivity contribution in [3.05, 3.63) is 62.6 Å². The van der Waals surface area contributed by atoms with Crippen molar-refractivity contribution < 1.29 is 0 Å². The molecule has 6 heteroatoms. The summed E-state index contributed by atoms with van der Waals surface area (Å²) in [5.41, 5.74) is 0.929. The molecule has 3 aromatic rings. The number of aromatic nitrogens is 4. The molecular weight excluding hydrogens is 256 g/mol. The normalized spacial score (nSPS) is 11.0. The van der Waals surface area contributed by atoms with Crippen LogP contribution in [-0.2, 0) is 12.8 Å². The number of fused-ring (bicyclic) bond motifs is 1. The van der Waals surface area contributed by atoms with Gasteiger partial charge in [0.1, 0.15) is 11.3 Å². The van der Waals surface area contributed by atoms with Crippen LogP contribution in [0.25, 0.3) is 11.2 Å². The highest BCUT2D eigenvalue weighted by Crippen LogP contribution is 2.07. The number of aryl methyl sites for hydroxylation is 2. The molecule has 0 bridgehead atoms. The fourth-order valence-electron chi connectivity index (χ4n) is 2.20. The number of nitrogens with one attached hydrogen (secondary N) is 3. The predicted molar refractivity (Wildman–Crippen MR) is 75.8 cm³/mol. The van der Waals surface area contributed by atoms with Gasteiger partial charge in [-0.2, -0.15) is 0 Å². The Morgan fingerprint density at radius 1 is 0.950 bits per heavy atom. The summed E-state index contributed by atoms with van der Waals surface area (Å²) < 4.78 is 0. The van der Waals surface area contributed by atoms with Crippen molar-refractivity contribution in [2.75, 3.05) is 0 Å². The van der Waals surface area contributed by atoms with Gasteiger partial charge in [-0.05, 0) is 18.4 Å². The van der Waals surface area contributed by atoms with Gasteiger partial charge in [0, 0.05) is 6.42 Å². The van der Waals surface area contributed by atoms with Gasteiger partial charge in [0.15, 0.2) is 5.65 Å². The molecule has 0 radical (unpaired) electrons. The summed E-state index contributed by atoms with van der Waals surface area (Å²) in [5.74, 6) is 0.711. The lowest BCUT2D eigenvalue weighted by atomic mass is 10.1. The maximum Gasteiger partial charge on any atom is 0.327 e. The number of imidazole rings is 1. The molecule has 1 aromatic carbocycles. The lowest BCUT2D eigenvalue weighted by Crippen LogP contribution is -2.21. The molecule has 3 N–H and O–H groups in total. The molecule has 2 heterocycles. The average Bonchev–Trinajstić information content (AvgIpc) is 2.83. The zero-order valence-corrected chi connectivity index (χ0v) is 10.8. The third-order valence-corrected chi connectivity index (χ3v) is 3.16. The molecule has 6 nitrogen and oxygen atoms in total. The van der Waals surface area contributed by atoms with Crippen LogP contribution in [0.4, 0.5) is 0 Å². The van der Waals surface area contributed by atoms with Crippen molar-refractivity contribution in [2.24, 2.45) is 0 Å². The zero-order valence-electron chi connectivity index (χ0n) is 10.8. The van der Waals surface area contributed by atoms with Gasteiger partial charge < -0.3 is 4.98 Å². The lowest BCUT2D eigenvalue weighted by molar-refractivity contribution is 0.785. The first kappa shape index (κ1) is 12.4. The van der Waals surface area contributed by atoms with Crippen LogP contribution in [0.15, 0.2) is 39.9 Å². The van der Waals surface area contributed by atoms with E-state index < -0.39 is 11.2 Å². The highest BCUT2D eigenvalue weighted by atomic mass is 16.2. The van der Waals surface area contributed by atoms with Gasteiger partial charge in [-0.1, -0.05) is 30.3 Å². The van der Waals surface area contributed by atoms with Crippen molar-refractivity contribution in [1.82, 2.24) is 19.9 Å². The molecule has 0 aliphatic heterocycles. The Bertz CT molecular complexity index is 829. The second kappa shape index (κ2) is 5.16. The van der Waals surface area contributed by atoms with Crippen LogP contribution >= 0.6 is 0 Å². The van der Waals surface area contributed by atoms with Gasteiger partial charge in [0.25, 0.3) is 5.56 Å². The summed E-state index contributed by atoms with van der Waals surface area (Å²) in [5, 5.41) is 0. The van der Waals surface area contributed by atoms with Gasteiger partial charge in [0.05, 0.1) is 0 Å². The minimum atomic E-state index is -0.537. The quantitative estimate of drug-likeness (QED) is 0.663. The van der Waals surface area contributed by atoms with E-state index in [2.05, 4.69) is 32.1 Å². The van der Waals surface area contributed by atoms with E-state index in [0.717, 1.165) is 19.3 Å². The van der Waals surface area contributed by atoms with Crippen molar-refractivity contribution >= 4 is 11.2 Å². The standard InChI is InChI=1S/C14H14N4O2/c19-13-11-12(17-14(20)18-13)16-10(15-11)8-4-7-9-5-2-1-3-6-9/h1-3,5-6H,4,7-8H2,(H3,15,16,17,18,19,20). The first-order valence-corrected chi connectivity index (χ1v) is 6.47. The van der Waals surface area contributed by atoms with E-state index in [1.54, 1.807) is 0 Å². The van der Waals surface area contributed by atoms with E-state index in [1.165, 1.54) is 5.56 Å². The van der Waals surface area contributed by atoms with E-state index >= 15 is 0 Å². The average molecular weight is 270 g/mol. The number of benzene rings is 1. The van der Waals surface area contributed by atoms with Crippen molar-refractivity contribution in [3.63, 3.8) is 0 Å². The molecule has 0 aliphatic rings. The van der Waals surface area contributed by atoms with Crippen molar-refractivity contribution in [3.8, 4) is 0 Å². The van der Waals surface area contributed by atoms with Crippen LogP contribution in [0.1, 0.15) is 17.8 Å². The van der Waals surface area contributed by atoms with Crippen LogP contribution in [-0.4, -0.2) is 19.9 Å². The fourth-order valence-corrected chi connectivity index (χ4v) is 2.20. The molecule has 0 saturated heterocycles. The van der Waals surface area contributed by atoms with Crippen LogP contribution in [0.5, 0.6) is 0 Å². The molecule has 0 amide bonds. The van der Waals surface area contributed by atoms with E-state index in [4.69, 9.17) is 0 Å². The number of hydrogen-bond donors (Lipinski definition) is 3. The monoisotopic (exact) mass is 270 g/mol. The van der Waals surface area contributed by atoms with E-state index in [9.17, 15) is 9.59 Å². The first-order chi connectivity index (χ1) is 9.72. The van der Waals surface area contributed by atoms with Crippen molar-refractivity contribution in [2.45, 2.75) is 19.3 Å². The largest absolute Gasteiger partial charge is 0.336 e. The molecule has 0 spiro atoms.